The molecule has 1 aromatic rings. The first-order chi connectivity index (χ1) is 7.29. The van der Waals surface area contributed by atoms with Gasteiger partial charge in [-0.2, -0.15) is 4.39 Å². The molecule has 2 N–H and O–H groups in total. The summed E-state index contributed by atoms with van der Waals surface area (Å²) >= 11 is 0. The van der Waals surface area contributed by atoms with Crippen LogP contribution >= 0.6 is 0 Å². The van der Waals surface area contributed by atoms with Crippen LogP contribution < -0.4 is 10.5 Å². The number of nitro groups is 1. The van der Waals surface area contributed by atoms with Crippen molar-refractivity contribution in [2.24, 2.45) is 5.73 Å². The normalized spacial score (nSPS) is 11.2. The predicted octanol–water partition coefficient (Wildman–Crippen LogP) is 1.85. The van der Waals surface area contributed by atoms with Gasteiger partial charge in [-0.3, -0.25) is 10.1 Å². The fourth-order valence-electron chi connectivity index (χ4n) is 0.995. The Balaban J connectivity index is 2.78. The van der Waals surface area contributed by atoms with E-state index in [0.717, 1.165) is 12.1 Å². The van der Waals surface area contributed by atoms with Gasteiger partial charge in [-0.15, -0.1) is 0 Å². The van der Waals surface area contributed by atoms with Gasteiger partial charge >= 0.3 is 5.69 Å². The Bertz CT molecular complexity index is 402. The van der Waals surface area contributed by atoms with Crippen LogP contribution in [0.15, 0.2) is 18.2 Å². The van der Waals surface area contributed by atoms with Crippen molar-refractivity contribution in [1.29, 1.82) is 0 Å². The van der Waals surface area contributed by atoms with Crippen LogP contribution in [-0.4, -0.2) is 17.1 Å². The van der Waals surface area contributed by atoms with Crippen molar-refractivity contribution in [3.8, 4) is 5.75 Å². The molecule has 0 saturated carbocycles. The van der Waals surface area contributed by atoms with Crippen LogP contribution in [0.2, 0.25) is 0 Å². The van der Waals surface area contributed by atoms with Gasteiger partial charge in [-0.25, -0.2) is 0 Å². The molecule has 0 saturated heterocycles. The first-order valence-corrected chi connectivity index (χ1v) is 4.65. The van der Waals surface area contributed by atoms with E-state index in [1.165, 1.54) is 6.07 Å². The van der Waals surface area contributed by atoms with Crippen LogP contribution in [0.25, 0.3) is 0 Å². The van der Waals surface area contributed by atoms with E-state index >= 15 is 0 Å². The lowest BCUT2D eigenvalue weighted by molar-refractivity contribution is -0.387. The number of ether oxygens (including phenoxy) is 1. The van der Waals surface area contributed by atoms with Crippen molar-refractivity contribution >= 4 is 5.69 Å². The van der Waals surface area contributed by atoms with E-state index in [0.29, 0.717) is 0 Å². The molecule has 0 fully saturated rings. The smallest absolute Gasteiger partial charge is 0.305 e. The zero-order valence-electron chi connectivity index (χ0n) is 9.07. The second-order valence-electron chi connectivity index (χ2n) is 4.15. The largest absolute Gasteiger partial charge is 0.492 e. The molecular weight excluding hydrogens is 215 g/mol. The Hall–Kier alpha value is -1.69. The molecule has 0 aliphatic carbocycles. The highest BCUT2D eigenvalue weighted by Crippen LogP contribution is 2.22. The molecule has 0 amide bonds. The van der Waals surface area contributed by atoms with E-state index in [4.69, 9.17) is 10.5 Å². The van der Waals surface area contributed by atoms with E-state index in [2.05, 4.69) is 0 Å². The van der Waals surface area contributed by atoms with Crippen molar-refractivity contribution in [1.82, 2.24) is 0 Å². The minimum atomic E-state index is -0.919. The van der Waals surface area contributed by atoms with Gasteiger partial charge in [0.1, 0.15) is 12.4 Å². The average Bonchev–Trinajstić information content (AvgIpc) is 2.13. The van der Waals surface area contributed by atoms with E-state index in [1.807, 2.05) is 0 Å². The third-order valence-corrected chi connectivity index (χ3v) is 1.73. The maximum atomic E-state index is 13.2. The summed E-state index contributed by atoms with van der Waals surface area (Å²) in [6.45, 7) is 3.72. The zero-order valence-corrected chi connectivity index (χ0v) is 9.07. The lowest BCUT2D eigenvalue weighted by atomic mass is 10.1. The van der Waals surface area contributed by atoms with Gasteiger partial charge < -0.3 is 10.5 Å². The van der Waals surface area contributed by atoms with E-state index < -0.39 is 22.0 Å². The second-order valence-corrected chi connectivity index (χ2v) is 4.15. The van der Waals surface area contributed by atoms with Crippen LogP contribution in [0.5, 0.6) is 5.75 Å². The zero-order chi connectivity index (χ0) is 12.3. The Kier molecular flexibility index (Phi) is 3.44. The molecule has 0 spiro atoms. The fraction of sp³-hybridized carbons (Fsp3) is 0.400. The molecule has 88 valence electrons. The topological polar surface area (TPSA) is 78.4 Å². The minimum absolute atomic E-state index is 0.199. The Labute approximate surface area is 92.2 Å². The number of nitro benzene ring substituents is 1. The summed E-state index contributed by atoms with van der Waals surface area (Å²) in [5, 5.41) is 10.4. The van der Waals surface area contributed by atoms with Gasteiger partial charge in [-0.05, 0) is 19.9 Å². The van der Waals surface area contributed by atoms with Crippen LogP contribution in [0.3, 0.4) is 0 Å². The molecule has 0 heterocycles. The van der Waals surface area contributed by atoms with Crippen LogP contribution in [0.4, 0.5) is 10.1 Å². The highest BCUT2D eigenvalue weighted by atomic mass is 19.1. The van der Waals surface area contributed by atoms with Gasteiger partial charge in [-0.1, -0.05) is 0 Å². The second kappa shape index (κ2) is 4.44. The van der Waals surface area contributed by atoms with Gasteiger partial charge in [0.05, 0.1) is 4.92 Å². The molecule has 1 rings (SSSR count). The van der Waals surface area contributed by atoms with E-state index in [9.17, 15) is 14.5 Å². The summed E-state index contributed by atoms with van der Waals surface area (Å²) in [6, 6.07) is 3.38. The molecule has 0 bridgehead atoms. The molecular formula is C10H13FN2O3. The number of nitrogens with zero attached hydrogens (tertiary/aromatic N) is 1. The molecule has 0 atom stereocenters. The van der Waals surface area contributed by atoms with E-state index in [1.54, 1.807) is 13.8 Å². The number of hydrogen-bond donors (Lipinski definition) is 1. The molecule has 0 aliphatic heterocycles. The Morgan fingerprint density at radius 1 is 1.56 bits per heavy atom. The van der Waals surface area contributed by atoms with Gasteiger partial charge in [0.2, 0.25) is 5.82 Å². The predicted molar refractivity (Wildman–Crippen MR) is 56.8 cm³/mol. The molecule has 5 nitrogen and oxygen atoms in total. The maximum Gasteiger partial charge on any atom is 0.305 e. The molecule has 16 heavy (non-hydrogen) atoms. The summed E-state index contributed by atoms with van der Waals surface area (Å²) in [5.41, 5.74) is 4.56. The van der Waals surface area contributed by atoms with Crippen LogP contribution in [0, 0.1) is 15.9 Å². The third-order valence-electron chi connectivity index (χ3n) is 1.73. The highest BCUT2D eigenvalue weighted by Gasteiger charge is 2.16. The molecule has 0 unspecified atom stereocenters. The summed E-state index contributed by atoms with van der Waals surface area (Å²) in [7, 11) is 0. The highest BCUT2D eigenvalue weighted by molar-refractivity contribution is 5.37. The summed E-state index contributed by atoms with van der Waals surface area (Å²) in [6.07, 6.45) is 0. The van der Waals surface area contributed by atoms with Crippen LogP contribution in [-0.2, 0) is 0 Å². The summed E-state index contributed by atoms with van der Waals surface area (Å²) in [4.78, 5) is 9.57. The van der Waals surface area contributed by atoms with Crippen molar-refractivity contribution in [3.63, 3.8) is 0 Å². The number of halogens is 1. The van der Waals surface area contributed by atoms with Crippen molar-refractivity contribution in [3.05, 3.63) is 34.1 Å². The summed E-state index contributed by atoms with van der Waals surface area (Å²) < 4.78 is 18.4. The standard InChI is InChI=1S/C10H13FN2O3/c1-10(2,12)6-16-7-3-4-9(13(14)15)8(11)5-7/h3-5H,6,12H2,1-2H3. The van der Waals surface area contributed by atoms with Gasteiger partial charge in [0.25, 0.3) is 0 Å². The third kappa shape index (κ3) is 3.47. The molecule has 0 radical (unpaired) electrons. The molecule has 6 heteroatoms. The molecule has 0 aliphatic rings. The first kappa shape index (κ1) is 12.4. The monoisotopic (exact) mass is 228 g/mol. The average molecular weight is 228 g/mol. The lowest BCUT2D eigenvalue weighted by Gasteiger charge is -2.18. The van der Waals surface area contributed by atoms with Crippen molar-refractivity contribution in [2.75, 3.05) is 6.61 Å². The number of benzene rings is 1. The van der Waals surface area contributed by atoms with Gasteiger partial charge in [0, 0.05) is 17.7 Å². The number of rotatable bonds is 4. The van der Waals surface area contributed by atoms with E-state index in [-0.39, 0.29) is 12.4 Å². The van der Waals surface area contributed by atoms with Crippen molar-refractivity contribution in [2.45, 2.75) is 19.4 Å². The molecule has 0 aromatic heterocycles. The number of hydrogen-bond acceptors (Lipinski definition) is 4. The van der Waals surface area contributed by atoms with Gasteiger partial charge in [0.15, 0.2) is 0 Å². The number of nitrogens with two attached hydrogens (primary N) is 1. The lowest BCUT2D eigenvalue weighted by Crippen LogP contribution is -2.38. The minimum Gasteiger partial charge on any atom is -0.492 e. The SMILES string of the molecule is CC(C)(N)COc1ccc([N+](=O)[O-])c(F)c1. The Morgan fingerprint density at radius 2 is 2.19 bits per heavy atom. The van der Waals surface area contributed by atoms with Crippen molar-refractivity contribution < 1.29 is 14.1 Å². The maximum absolute atomic E-state index is 13.2. The van der Waals surface area contributed by atoms with Crippen LogP contribution in [0.1, 0.15) is 13.8 Å². The first-order valence-electron chi connectivity index (χ1n) is 4.65. The summed E-state index contributed by atoms with van der Waals surface area (Å²) in [5.74, 6) is -0.695. The molecule has 1 aromatic carbocycles. The Morgan fingerprint density at radius 3 is 2.62 bits per heavy atom. The fourth-order valence-corrected chi connectivity index (χ4v) is 0.995. The quantitative estimate of drug-likeness (QED) is 0.630.